The fourth-order valence-corrected chi connectivity index (χ4v) is 6.36. The van der Waals surface area contributed by atoms with Gasteiger partial charge in [-0.1, -0.05) is 23.7 Å². The van der Waals surface area contributed by atoms with Gasteiger partial charge in [0.15, 0.2) is 0 Å². The van der Waals surface area contributed by atoms with E-state index < -0.39 is 15.9 Å². The maximum Gasteiger partial charge on any atom is 0.263 e. The average molecular weight is 545 g/mol. The number of nitrogens with zero attached hydrogens (tertiary/aromatic N) is 3. The van der Waals surface area contributed by atoms with Gasteiger partial charge in [-0.25, -0.2) is 13.4 Å². The lowest BCUT2D eigenvalue weighted by Gasteiger charge is -2.26. The number of nitrogens with one attached hydrogen (secondary N) is 1. The van der Waals surface area contributed by atoms with Crippen LogP contribution in [-0.4, -0.2) is 54.5 Å². The summed E-state index contributed by atoms with van der Waals surface area (Å²) in [6.07, 6.45) is 1.35. The number of fused-ring (bicyclic) bond motifs is 1. The number of benzene rings is 2. The summed E-state index contributed by atoms with van der Waals surface area (Å²) in [4.78, 5) is 30.9. The number of carbonyl (C=O) groups excluding carboxylic acids is 1. The fraction of sp³-hybridized carbons (Fsp3) is 0.208. The van der Waals surface area contributed by atoms with Crippen LogP contribution in [0.25, 0.3) is 21.3 Å². The van der Waals surface area contributed by atoms with Crippen LogP contribution in [0.15, 0.2) is 69.9 Å². The molecule has 2 aromatic carbocycles. The smallest absolute Gasteiger partial charge is 0.263 e. The number of amides is 1. The highest BCUT2D eigenvalue weighted by Gasteiger charge is 2.26. The van der Waals surface area contributed by atoms with Crippen molar-refractivity contribution < 1.29 is 17.9 Å². The average Bonchev–Trinajstić information content (AvgIpc) is 3.32. The van der Waals surface area contributed by atoms with Crippen LogP contribution in [0.4, 0.5) is 5.69 Å². The molecule has 36 heavy (non-hydrogen) atoms. The normalized spacial score (nSPS) is 14.7. The van der Waals surface area contributed by atoms with Crippen molar-refractivity contribution in [3.63, 3.8) is 0 Å². The van der Waals surface area contributed by atoms with E-state index in [9.17, 15) is 18.0 Å². The lowest BCUT2D eigenvalue weighted by Crippen LogP contribution is -2.40. The number of hydrogen-bond donors (Lipinski definition) is 1. The zero-order chi connectivity index (χ0) is 25.3. The fourth-order valence-electron chi connectivity index (χ4n) is 3.92. The van der Waals surface area contributed by atoms with Crippen LogP contribution in [-0.2, 0) is 26.1 Å². The van der Waals surface area contributed by atoms with Crippen molar-refractivity contribution in [1.82, 2.24) is 13.9 Å². The number of thiophene rings is 1. The Hall–Kier alpha value is -3.09. The summed E-state index contributed by atoms with van der Waals surface area (Å²) in [7, 11) is -3.63. The molecular weight excluding hydrogens is 524 g/mol. The van der Waals surface area contributed by atoms with Crippen LogP contribution in [0.5, 0.6) is 0 Å². The van der Waals surface area contributed by atoms with E-state index in [1.54, 1.807) is 12.1 Å². The van der Waals surface area contributed by atoms with Crippen molar-refractivity contribution in [3.8, 4) is 11.1 Å². The molecular formula is C24H21ClN4O5S2. The molecule has 1 amide bonds. The van der Waals surface area contributed by atoms with Gasteiger partial charge in [0.25, 0.3) is 5.56 Å². The third-order valence-electron chi connectivity index (χ3n) is 5.78. The van der Waals surface area contributed by atoms with Crippen molar-refractivity contribution in [1.29, 1.82) is 0 Å². The highest BCUT2D eigenvalue weighted by atomic mass is 35.5. The number of aromatic nitrogens is 2. The van der Waals surface area contributed by atoms with Gasteiger partial charge in [0, 0.05) is 34.7 Å². The molecule has 0 bridgehead atoms. The molecule has 4 aromatic rings. The minimum atomic E-state index is -3.63. The Morgan fingerprint density at radius 2 is 1.78 bits per heavy atom. The molecule has 1 saturated heterocycles. The lowest BCUT2D eigenvalue weighted by molar-refractivity contribution is -0.116. The second-order valence-corrected chi connectivity index (χ2v) is 11.3. The molecule has 0 spiro atoms. The molecule has 1 N–H and O–H groups in total. The van der Waals surface area contributed by atoms with Gasteiger partial charge in [0.05, 0.1) is 29.8 Å². The van der Waals surface area contributed by atoms with E-state index in [-0.39, 0.29) is 17.0 Å². The van der Waals surface area contributed by atoms with Crippen molar-refractivity contribution >= 4 is 54.8 Å². The van der Waals surface area contributed by atoms with Crippen LogP contribution in [0.3, 0.4) is 0 Å². The number of carbonyl (C=O) groups is 1. The first-order chi connectivity index (χ1) is 17.3. The number of ether oxygens (including phenoxy) is 1. The number of sulfonamides is 1. The molecule has 1 fully saturated rings. The van der Waals surface area contributed by atoms with Crippen LogP contribution >= 0.6 is 22.9 Å². The third kappa shape index (κ3) is 4.93. The summed E-state index contributed by atoms with van der Waals surface area (Å²) in [6.45, 7) is 1.08. The Morgan fingerprint density at radius 1 is 1.08 bits per heavy atom. The van der Waals surface area contributed by atoms with E-state index in [4.69, 9.17) is 16.3 Å². The molecule has 0 atom stereocenters. The molecule has 1 aliphatic heterocycles. The van der Waals surface area contributed by atoms with E-state index in [0.717, 1.165) is 11.1 Å². The molecule has 12 heteroatoms. The molecule has 2 aromatic heterocycles. The quantitative estimate of drug-likeness (QED) is 0.398. The Balaban J connectivity index is 1.32. The van der Waals surface area contributed by atoms with E-state index in [0.29, 0.717) is 47.2 Å². The highest BCUT2D eigenvalue weighted by Crippen LogP contribution is 2.31. The summed E-state index contributed by atoms with van der Waals surface area (Å²) in [6, 6.07) is 13.1. The van der Waals surface area contributed by atoms with Gasteiger partial charge >= 0.3 is 0 Å². The van der Waals surface area contributed by atoms with E-state index in [1.807, 2.05) is 17.5 Å². The standard InChI is InChI=1S/C24H21ClN4O5S2/c25-17-3-1-16(2-4-17)20-14-35-23-22(20)24(31)28(15-26-23)13-21(30)27-18-5-7-19(8-6-18)36(32,33)29-9-11-34-12-10-29/h1-8,14-15H,9-13H2,(H,27,30). The molecule has 1 aliphatic rings. The molecule has 5 rings (SSSR count). The van der Waals surface area contributed by atoms with Crippen molar-refractivity contribution in [2.24, 2.45) is 0 Å². The maximum absolute atomic E-state index is 13.2. The Morgan fingerprint density at radius 3 is 2.47 bits per heavy atom. The summed E-state index contributed by atoms with van der Waals surface area (Å²) < 4.78 is 33.4. The molecule has 0 radical (unpaired) electrons. The number of anilines is 1. The van der Waals surface area contributed by atoms with Crippen LogP contribution in [0.1, 0.15) is 0 Å². The number of hydrogen-bond acceptors (Lipinski definition) is 7. The lowest BCUT2D eigenvalue weighted by atomic mass is 10.1. The first-order valence-corrected chi connectivity index (χ1v) is 13.7. The van der Waals surface area contributed by atoms with Crippen LogP contribution in [0, 0.1) is 0 Å². The second kappa shape index (κ2) is 10.1. The predicted octanol–water partition coefficient (Wildman–Crippen LogP) is 3.44. The van der Waals surface area contributed by atoms with Gasteiger partial charge in [0.2, 0.25) is 15.9 Å². The van der Waals surface area contributed by atoms with Crippen LogP contribution in [0.2, 0.25) is 5.02 Å². The topological polar surface area (TPSA) is 111 Å². The summed E-state index contributed by atoms with van der Waals surface area (Å²) in [5.41, 5.74) is 1.66. The summed E-state index contributed by atoms with van der Waals surface area (Å²) in [5.74, 6) is -0.440. The third-order valence-corrected chi connectivity index (χ3v) is 8.83. The zero-order valence-corrected chi connectivity index (χ0v) is 21.3. The van der Waals surface area contributed by atoms with Crippen LogP contribution < -0.4 is 10.9 Å². The van der Waals surface area contributed by atoms with Crippen molar-refractivity contribution in [2.75, 3.05) is 31.6 Å². The molecule has 3 heterocycles. The molecule has 0 saturated carbocycles. The number of morpholine rings is 1. The second-order valence-electron chi connectivity index (χ2n) is 8.10. The Labute approximate surface area is 216 Å². The first kappa shape index (κ1) is 24.6. The molecule has 9 nitrogen and oxygen atoms in total. The van der Waals surface area contributed by atoms with E-state index >= 15 is 0 Å². The van der Waals surface area contributed by atoms with Gasteiger partial charge in [-0.15, -0.1) is 11.3 Å². The predicted molar refractivity (Wildman–Crippen MR) is 139 cm³/mol. The minimum absolute atomic E-state index is 0.139. The summed E-state index contributed by atoms with van der Waals surface area (Å²) in [5, 5.41) is 5.60. The maximum atomic E-state index is 13.2. The van der Waals surface area contributed by atoms with Gasteiger partial charge < -0.3 is 10.1 Å². The SMILES string of the molecule is O=C(Cn1cnc2scc(-c3ccc(Cl)cc3)c2c1=O)Nc1ccc(S(=O)(=O)N2CCOCC2)cc1. The monoisotopic (exact) mass is 544 g/mol. The van der Waals surface area contributed by atoms with Gasteiger partial charge in [0.1, 0.15) is 11.4 Å². The summed E-state index contributed by atoms with van der Waals surface area (Å²) >= 11 is 7.33. The molecule has 0 aliphatic carbocycles. The Kier molecular flexibility index (Phi) is 6.91. The van der Waals surface area contributed by atoms with E-state index in [2.05, 4.69) is 10.3 Å². The minimum Gasteiger partial charge on any atom is -0.379 e. The van der Waals surface area contributed by atoms with Crippen molar-refractivity contribution in [2.45, 2.75) is 11.4 Å². The van der Waals surface area contributed by atoms with Crippen molar-refractivity contribution in [3.05, 3.63) is 75.6 Å². The molecule has 186 valence electrons. The van der Waals surface area contributed by atoms with E-state index in [1.165, 1.54) is 50.8 Å². The number of rotatable bonds is 6. The zero-order valence-electron chi connectivity index (χ0n) is 18.9. The number of halogens is 1. The van der Waals surface area contributed by atoms with Gasteiger partial charge in [-0.05, 0) is 42.0 Å². The van der Waals surface area contributed by atoms with Gasteiger partial charge in [-0.3, -0.25) is 14.2 Å². The highest BCUT2D eigenvalue weighted by molar-refractivity contribution is 7.89. The first-order valence-electron chi connectivity index (χ1n) is 11.0. The Bertz CT molecular complexity index is 1580. The van der Waals surface area contributed by atoms with Gasteiger partial charge in [-0.2, -0.15) is 4.31 Å². The largest absolute Gasteiger partial charge is 0.379 e. The molecule has 0 unspecified atom stereocenters.